The molecule has 0 radical (unpaired) electrons. The van der Waals surface area contributed by atoms with E-state index in [-0.39, 0.29) is 16.1 Å². The van der Waals surface area contributed by atoms with Crippen LogP contribution < -0.4 is 5.14 Å². The molecule has 2 aromatic carbocycles. The summed E-state index contributed by atoms with van der Waals surface area (Å²) in [6, 6.07) is 10.2. The molecular weight excluding hydrogens is 411 g/mol. The van der Waals surface area contributed by atoms with Gasteiger partial charge in [-0.15, -0.1) is 11.8 Å². The van der Waals surface area contributed by atoms with E-state index in [0.29, 0.717) is 5.56 Å². The lowest BCUT2D eigenvalue weighted by molar-refractivity contribution is -0.140. The topological polar surface area (TPSA) is 78.0 Å². The fourth-order valence-electron chi connectivity index (χ4n) is 2.76. The quantitative estimate of drug-likeness (QED) is 0.632. The molecular formula is C18H16F3N3O2S2. The number of aryl methyl sites for hydroxylation is 1. The molecule has 0 aliphatic carbocycles. The Labute approximate surface area is 164 Å². The van der Waals surface area contributed by atoms with Gasteiger partial charge >= 0.3 is 6.18 Å². The number of hydrogen-bond acceptors (Lipinski definition) is 4. The van der Waals surface area contributed by atoms with Gasteiger partial charge in [-0.25, -0.2) is 18.2 Å². The van der Waals surface area contributed by atoms with Crippen LogP contribution in [0.15, 0.2) is 58.5 Å². The molecule has 148 valence electrons. The molecule has 1 aromatic heterocycles. The number of rotatable bonds is 4. The van der Waals surface area contributed by atoms with Gasteiger partial charge in [-0.05, 0) is 54.6 Å². The number of hydrogen-bond donors (Lipinski definition) is 1. The minimum atomic E-state index is -4.65. The highest BCUT2D eigenvalue weighted by Gasteiger charge is 2.37. The first-order valence-electron chi connectivity index (χ1n) is 7.96. The number of primary sulfonamides is 1. The average Bonchev–Trinajstić information content (AvgIpc) is 3.07. The van der Waals surface area contributed by atoms with E-state index in [1.165, 1.54) is 42.2 Å². The Bertz CT molecular complexity index is 1120. The number of nitrogens with two attached hydrogens (primary N) is 1. The van der Waals surface area contributed by atoms with Crippen molar-refractivity contribution in [1.82, 2.24) is 9.78 Å². The van der Waals surface area contributed by atoms with Crippen LogP contribution in [-0.2, 0) is 16.2 Å². The summed E-state index contributed by atoms with van der Waals surface area (Å²) < 4.78 is 64.4. The first-order chi connectivity index (χ1) is 13.0. The summed E-state index contributed by atoms with van der Waals surface area (Å²) in [7, 11) is -3.89. The lowest BCUT2D eigenvalue weighted by Gasteiger charge is -2.08. The van der Waals surface area contributed by atoms with Crippen molar-refractivity contribution in [3.63, 3.8) is 0 Å². The summed E-state index contributed by atoms with van der Waals surface area (Å²) in [4.78, 5) is 0.839. The summed E-state index contributed by atoms with van der Waals surface area (Å²) >= 11 is 1.51. The van der Waals surface area contributed by atoms with E-state index < -0.39 is 21.9 Å². The third-order valence-electron chi connectivity index (χ3n) is 4.12. The molecule has 0 aliphatic rings. The van der Waals surface area contributed by atoms with Crippen molar-refractivity contribution in [3.8, 4) is 16.8 Å². The average molecular weight is 427 g/mol. The summed E-state index contributed by atoms with van der Waals surface area (Å²) in [6.45, 7) is 1.83. The van der Waals surface area contributed by atoms with E-state index >= 15 is 0 Å². The van der Waals surface area contributed by atoms with Crippen LogP contribution >= 0.6 is 11.8 Å². The molecule has 0 bridgehead atoms. The summed E-state index contributed by atoms with van der Waals surface area (Å²) in [5.74, 6) is 0. The molecule has 2 N–H and O–H groups in total. The Morgan fingerprint density at radius 3 is 2.25 bits per heavy atom. The number of aromatic nitrogens is 2. The van der Waals surface area contributed by atoms with Gasteiger partial charge in [-0.1, -0.05) is 12.1 Å². The van der Waals surface area contributed by atoms with Crippen molar-refractivity contribution >= 4 is 21.8 Å². The first-order valence-corrected chi connectivity index (χ1v) is 10.7. The normalized spacial score (nSPS) is 12.4. The largest absolute Gasteiger partial charge is 0.435 e. The maximum absolute atomic E-state index is 13.6. The molecule has 5 nitrogen and oxygen atoms in total. The predicted molar refractivity (Wildman–Crippen MR) is 102 cm³/mol. The summed E-state index contributed by atoms with van der Waals surface area (Å²) in [5, 5.41) is 8.74. The van der Waals surface area contributed by atoms with Crippen LogP contribution in [0, 0.1) is 6.92 Å². The molecule has 10 heteroatoms. The Kier molecular flexibility index (Phi) is 5.30. The van der Waals surface area contributed by atoms with Gasteiger partial charge in [0, 0.05) is 16.7 Å². The second kappa shape index (κ2) is 7.26. The number of sulfonamides is 1. The standard InChI is InChI=1S/C18H16F3N3O2S2/c1-11-9-12(3-8-16(11)27-2)15-10-24(23-17(15)18(19,20)21)13-4-6-14(7-5-13)28(22,25)26/h3-10H,1-2H3,(H2,22,25,26). The highest BCUT2D eigenvalue weighted by molar-refractivity contribution is 7.98. The predicted octanol–water partition coefficient (Wildman–Crippen LogP) is 4.24. The highest BCUT2D eigenvalue weighted by atomic mass is 32.2. The molecule has 0 saturated heterocycles. The fourth-order valence-corrected chi connectivity index (χ4v) is 3.86. The van der Waals surface area contributed by atoms with Crippen molar-refractivity contribution in [2.24, 2.45) is 5.14 Å². The number of alkyl halides is 3. The van der Waals surface area contributed by atoms with Gasteiger partial charge < -0.3 is 0 Å². The van der Waals surface area contributed by atoms with Crippen LogP contribution in [0.4, 0.5) is 13.2 Å². The zero-order valence-electron chi connectivity index (χ0n) is 14.9. The van der Waals surface area contributed by atoms with Crippen molar-refractivity contribution in [1.29, 1.82) is 0 Å². The number of halogens is 3. The second-order valence-corrected chi connectivity index (χ2v) is 8.47. The minimum Gasteiger partial charge on any atom is -0.240 e. The van der Waals surface area contributed by atoms with Crippen molar-refractivity contribution in [3.05, 3.63) is 59.9 Å². The molecule has 28 heavy (non-hydrogen) atoms. The van der Waals surface area contributed by atoms with Crippen molar-refractivity contribution < 1.29 is 21.6 Å². The monoisotopic (exact) mass is 427 g/mol. The molecule has 3 aromatic rings. The Morgan fingerprint density at radius 2 is 1.75 bits per heavy atom. The summed E-state index contributed by atoms with van der Waals surface area (Å²) in [6.07, 6.45) is -1.47. The smallest absolute Gasteiger partial charge is 0.240 e. The van der Waals surface area contributed by atoms with Gasteiger partial charge in [0.25, 0.3) is 0 Å². The number of benzene rings is 2. The zero-order valence-corrected chi connectivity index (χ0v) is 16.5. The molecule has 0 atom stereocenters. The first kappa shape index (κ1) is 20.4. The van der Waals surface area contributed by atoms with Crippen molar-refractivity contribution in [2.75, 3.05) is 6.26 Å². The molecule has 0 fully saturated rings. The van der Waals surface area contributed by atoms with Crippen LogP contribution in [0.3, 0.4) is 0 Å². The molecule has 0 unspecified atom stereocenters. The maximum atomic E-state index is 13.6. The number of thioether (sulfide) groups is 1. The van der Waals surface area contributed by atoms with Crippen LogP contribution in [-0.4, -0.2) is 24.5 Å². The Balaban J connectivity index is 2.12. The van der Waals surface area contributed by atoms with Gasteiger partial charge in [0.1, 0.15) is 0 Å². The Hall–Kier alpha value is -2.30. The van der Waals surface area contributed by atoms with Crippen LogP contribution in [0.1, 0.15) is 11.3 Å². The maximum Gasteiger partial charge on any atom is 0.435 e. The van der Waals surface area contributed by atoms with Gasteiger partial charge in [0.15, 0.2) is 5.69 Å². The zero-order chi connectivity index (χ0) is 20.7. The van der Waals surface area contributed by atoms with Crippen LogP contribution in [0.2, 0.25) is 0 Å². The molecule has 0 amide bonds. The van der Waals surface area contributed by atoms with E-state index in [2.05, 4.69) is 5.10 Å². The van der Waals surface area contributed by atoms with Gasteiger partial charge in [0.2, 0.25) is 10.0 Å². The summed E-state index contributed by atoms with van der Waals surface area (Å²) in [5.41, 5.74) is 0.470. The van der Waals surface area contributed by atoms with Crippen LogP contribution in [0.25, 0.3) is 16.8 Å². The van der Waals surface area contributed by atoms with Gasteiger partial charge in [-0.3, -0.25) is 0 Å². The third kappa shape index (κ3) is 4.08. The third-order valence-corrected chi connectivity index (χ3v) is 5.95. The van der Waals surface area contributed by atoms with E-state index in [1.54, 1.807) is 18.2 Å². The fraction of sp³-hybridized carbons (Fsp3) is 0.167. The molecule has 0 spiro atoms. The minimum absolute atomic E-state index is 0.0567. The lowest BCUT2D eigenvalue weighted by atomic mass is 10.0. The SMILES string of the molecule is CSc1ccc(-c2cn(-c3ccc(S(N)(=O)=O)cc3)nc2C(F)(F)F)cc1C. The second-order valence-electron chi connectivity index (χ2n) is 6.06. The van der Waals surface area contributed by atoms with Crippen LogP contribution in [0.5, 0.6) is 0 Å². The van der Waals surface area contributed by atoms with E-state index in [9.17, 15) is 21.6 Å². The number of nitrogens with zero attached hydrogens (tertiary/aromatic N) is 2. The molecule has 3 rings (SSSR count). The lowest BCUT2D eigenvalue weighted by Crippen LogP contribution is -2.12. The molecule has 0 saturated carbocycles. The Morgan fingerprint density at radius 1 is 1.11 bits per heavy atom. The van der Waals surface area contributed by atoms with E-state index in [0.717, 1.165) is 15.1 Å². The van der Waals surface area contributed by atoms with Gasteiger partial charge in [-0.2, -0.15) is 18.3 Å². The highest BCUT2D eigenvalue weighted by Crippen LogP contribution is 2.37. The van der Waals surface area contributed by atoms with Crippen molar-refractivity contribution in [2.45, 2.75) is 22.9 Å². The van der Waals surface area contributed by atoms with Gasteiger partial charge in [0.05, 0.1) is 10.6 Å². The van der Waals surface area contributed by atoms with E-state index in [4.69, 9.17) is 5.14 Å². The molecule has 1 heterocycles. The molecule has 0 aliphatic heterocycles. The van der Waals surface area contributed by atoms with E-state index in [1.807, 2.05) is 13.2 Å².